The second kappa shape index (κ2) is 10.8. The largest absolute Gasteiger partial charge is 0.452 e. The van der Waals surface area contributed by atoms with E-state index < -0.39 is 46.9 Å². The average Bonchev–Trinajstić information content (AvgIpc) is 2.79. The van der Waals surface area contributed by atoms with Crippen molar-refractivity contribution in [3.8, 4) is 0 Å². The third-order valence-corrected chi connectivity index (χ3v) is 4.99. The highest BCUT2D eigenvalue weighted by Gasteiger charge is 2.26. The van der Waals surface area contributed by atoms with E-state index in [0.717, 1.165) is 27.2 Å². The molecule has 2 aromatic carbocycles. The lowest BCUT2D eigenvalue weighted by atomic mass is 10.2. The van der Waals surface area contributed by atoms with E-state index in [0.29, 0.717) is 6.07 Å². The van der Waals surface area contributed by atoms with Crippen LogP contribution in [-0.4, -0.2) is 34.6 Å². The third-order valence-electron chi connectivity index (χ3n) is 4.99. The average molecular weight is 486 g/mol. The maximum atomic E-state index is 13.9. The lowest BCUT2D eigenvalue weighted by Gasteiger charge is -2.26. The molecule has 0 fully saturated rings. The van der Waals surface area contributed by atoms with Gasteiger partial charge in [-0.1, -0.05) is 44.2 Å². The summed E-state index contributed by atoms with van der Waals surface area (Å²) in [5.41, 5.74) is 4.45. The predicted octanol–water partition coefficient (Wildman–Crippen LogP) is 2.29. The van der Waals surface area contributed by atoms with Crippen molar-refractivity contribution in [2.75, 3.05) is 23.8 Å². The molecule has 1 amide bonds. The number of aromatic amines is 1. The zero-order valence-electron chi connectivity index (χ0n) is 19.1. The number of nitrogen functional groups attached to an aromatic ring is 1. The van der Waals surface area contributed by atoms with Crippen molar-refractivity contribution in [1.82, 2.24) is 9.55 Å². The number of rotatable bonds is 8. The van der Waals surface area contributed by atoms with E-state index in [9.17, 15) is 28.0 Å². The first-order valence-electron chi connectivity index (χ1n) is 10.7. The molecule has 184 valence electrons. The number of aromatic nitrogens is 2. The van der Waals surface area contributed by atoms with Crippen LogP contribution in [0.1, 0.15) is 29.8 Å². The van der Waals surface area contributed by atoms with Crippen molar-refractivity contribution >= 4 is 23.4 Å². The number of hydrogen-bond donors (Lipinski definition) is 2. The van der Waals surface area contributed by atoms with Gasteiger partial charge in [0.1, 0.15) is 17.5 Å². The van der Waals surface area contributed by atoms with Gasteiger partial charge in [0.25, 0.3) is 11.5 Å². The zero-order valence-corrected chi connectivity index (χ0v) is 19.1. The Morgan fingerprint density at radius 2 is 1.80 bits per heavy atom. The van der Waals surface area contributed by atoms with Gasteiger partial charge in [-0.3, -0.25) is 19.1 Å². The third kappa shape index (κ3) is 5.99. The first-order chi connectivity index (χ1) is 16.6. The van der Waals surface area contributed by atoms with E-state index in [1.165, 1.54) is 0 Å². The Balaban J connectivity index is 1.91. The highest BCUT2D eigenvalue weighted by atomic mass is 19.1. The number of anilines is 2. The maximum absolute atomic E-state index is 13.9. The van der Waals surface area contributed by atoms with Crippen molar-refractivity contribution in [3.63, 3.8) is 0 Å². The van der Waals surface area contributed by atoms with Gasteiger partial charge in [0, 0.05) is 12.6 Å². The molecule has 35 heavy (non-hydrogen) atoms. The van der Waals surface area contributed by atoms with Gasteiger partial charge in [-0.05, 0) is 23.6 Å². The van der Waals surface area contributed by atoms with Crippen molar-refractivity contribution in [2.24, 2.45) is 5.92 Å². The summed E-state index contributed by atoms with van der Waals surface area (Å²) in [6.07, 6.45) is 0. The van der Waals surface area contributed by atoms with Crippen molar-refractivity contribution in [2.45, 2.75) is 20.4 Å². The number of hydrogen-bond acceptors (Lipinski definition) is 6. The van der Waals surface area contributed by atoms with Crippen molar-refractivity contribution in [3.05, 3.63) is 92.1 Å². The number of esters is 1. The van der Waals surface area contributed by atoms with Crippen molar-refractivity contribution in [1.29, 1.82) is 0 Å². The number of amides is 1. The Hall–Kier alpha value is -4.28. The Morgan fingerprint density at radius 1 is 1.11 bits per heavy atom. The van der Waals surface area contributed by atoms with Gasteiger partial charge in [-0.15, -0.1) is 0 Å². The van der Waals surface area contributed by atoms with E-state index in [4.69, 9.17) is 10.5 Å². The molecule has 9 nitrogen and oxygen atoms in total. The summed E-state index contributed by atoms with van der Waals surface area (Å²) >= 11 is 0. The molecule has 3 N–H and O–H groups in total. The normalized spacial score (nSPS) is 10.9. The van der Waals surface area contributed by atoms with Crippen LogP contribution in [0.15, 0.2) is 58.1 Å². The van der Waals surface area contributed by atoms with Gasteiger partial charge in [-0.2, -0.15) is 0 Å². The van der Waals surface area contributed by atoms with Crippen LogP contribution < -0.4 is 21.9 Å². The summed E-state index contributed by atoms with van der Waals surface area (Å²) in [7, 11) is 0. The quantitative estimate of drug-likeness (QED) is 0.471. The van der Waals surface area contributed by atoms with Crippen LogP contribution in [0.5, 0.6) is 0 Å². The molecule has 0 spiro atoms. The molecule has 0 aliphatic heterocycles. The smallest absolute Gasteiger partial charge is 0.341 e. The van der Waals surface area contributed by atoms with Crippen LogP contribution in [0.25, 0.3) is 0 Å². The second-order valence-electron chi connectivity index (χ2n) is 8.16. The van der Waals surface area contributed by atoms with Crippen LogP contribution in [0.2, 0.25) is 0 Å². The molecule has 0 atom stereocenters. The Morgan fingerprint density at radius 3 is 2.43 bits per heavy atom. The topological polar surface area (TPSA) is 127 Å². The molecule has 1 aromatic heterocycles. The first-order valence-corrected chi connectivity index (χ1v) is 10.7. The molecule has 0 aliphatic carbocycles. The van der Waals surface area contributed by atoms with Gasteiger partial charge < -0.3 is 15.4 Å². The zero-order chi connectivity index (χ0) is 25.7. The molecular formula is C24H24F2N4O5. The van der Waals surface area contributed by atoms with E-state index >= 15 is 0 Å². The standard InChI is InChI=1S/C24H24F2N4O5/c1-14(2)11-29(19(31)13-35-23(33)17-9-8-16(25)10-18(17)26)20-21(27)30(24(34)28-22(20)32)12-15-6-4-3-5-7-15/h3-10,14H,11-13,27H2,1-2H3,(H,28,32,34). The summed E-state index contributed by atoms with van der Waals surface area (Å²) < 4.78 is 33.0. The van der Waals surface area contributed by atoms with E-state index in [1.807, 2.05) is 0 Å². The number of benzene rings is 2. The molecule has 0 saturated carbocycles. The lowest BCUT2D eigenvalue weighted by Crippen LogP contribution is -2.44. The summed E-state index contributed by atoms with van der Waals surface area (Å²) in [4.78, 5) is 53.6. The Bertz CT molecular complexity index is 1350. The second-order valence-corrected chi connectivity index (χ2v) is 8.16. The van der Waals surface area contributed by atoms with Crippen LogP contribution >= 0.6 is 0 Å². The van der Waals surface area contributed by atoms with E-state index in [-0.39, 0.29) is 30.5 Å². The van der Waals surface area contributed by atoms with Gasteiger partial charge >= 0.3 is 11.7 Å². The summed E-state index contributed by atoms with van der Waals surface area (Å²) in [5, 5.41) is 0. The van der Waals surface area contributed by atoms with Gasteiger partial charge in [0.15, 0.2) is 12.3 Å². The molecule has 0 saturated heterocycles. The number of nitrogens with two attached hydrogens (primary N) is 1. The molecule has 11 heteroatoms. The Kier molecular flexibility index (Phi) is 7.80. The van der Waals surface area contributed by atoms with Crippen LogP contribution in [0.4, 0.5) is 20.3 Å². The van der Waals surface area contributed by atoms with E-state index in [2.05, 4.69) is 4.98 Å². The number of nitrogens with zero attached hydrogens (tertiary/aromatic N) is 2. The molecule has 3 aromatic rings. The van der Waals surface area contributed by atoms with Crippen LogP contribution in [0.3, 0.4) is 0 Å². The molecule has 1 heterocycles. The van der Waals surface area contributed by atoms with Crippen molar-refractivity contribution < 1.29 is 23.1 Å². The fourth-order valence-electron chi connectivity index (χ4n) is 3.38. The molecule has 3 rings (SSSR count). The Labute approximate surface area is 198 Å². The summed E-state index contributed by atoms with van der Waals surface area (Å²) in [6, 6.07) is 11.2. The number of carbonyl (C=O) groups excluding carboxylic acids is 2. The monoisotopic (exact) mass is 486 g/mol. The summed E-state index contributed by atoms with van der Waals surface area (Å²) in [5.74, 6) is -4.41. The predicted molar refractivity (Wildman–Crippen MR) is 125 cm³/mol. The molecule has 0 unspecified atom stereocenters. The lowest BCUT2D eigenvalue weighted by molar-refractivity contribution is -0.121. The van der Waals surface area contributed by atoms with Gasteiger partial charge in [-0.25, -0.2) is 18.4 Å². The number of nitrogens with one attached hydrogen (secondary N) is 1. The molecular weight excluding hydrogens is 462 g/mol. The van der Waals surface area contributed by atoms with Gasteiger partial charge in [0.2, 0.25) is 0 Å². The molecule has 0 aliphatic rings. The molecule has 0 radical (unpaired) electrons. The maximum Gasteiger partial charge on any atom is 0.341 e. The number of halogens is 2. The SMILES string of the molecule is CC(C)CN(C(=O)COC(=O)c1ccc(F)cc1F)c1c(N)n(Cc2ccccc2)c(=O)[nH]c1=O. The van der Waals surface area contributed by atoms with Crippen LogP contribution in [0, 0.1) is 17.6 Å². The molecule has 0 bridgehead atoms. The first kappa shape index (κ1) is 25.3. The fourth-order valence-corrected chi connectivity index (χ4v) is 3.38. The number of H-pyrrole nitrogens is 1. The minimum absolute atomic E-state index is 0.0120. The number of ether oxygens (including phenoxy) is 1. The highest BCUT2D eigenvalue weighted by molar-refractivity contribution is 5.98. The van der Waals surface area contributed by atoms with E-state index in [1.54, 1.807) is 44.2 Å². The van der Waals surface area contributed by atoms with Crippen LogP contribution in [-0.2, 0) is 16.1 Å². The number of carbonyl (C=O) groups is 2. The fraction of sp³-hybridized carbons (Fsp3) is 0.250. The highest BCUT2D eigenvalue weighted by Crippen LogP contribution is 2.20. The minimum atomic E-state index is -1.18. The minimum Gasteiger partial charge on any atom is -0.452 e. The summed E-state index contributed by atoms with van der Waals surface area (Å²) in [6.45, 7) is 2.77. The van der Waals surface area contributed by atoms with Gasteiger partial charge in [0.05, 0.1) is 12.1 Å².